The van der Waals surface area contributed by atoms with E-state index in [1.54, 1.807) is 13.8 Å². The normalized spacial score (nSPS) is 11.4. The van der Waals surface area contributed by atoms with Gasteiger partial charge < -0.3 is 4.74 Å². The summed E-state index contributed by atoms with van der Waals surface area (Å²) in [6.07, 6.45) is 0. The molecule has 24 heavy (non-hydrogen) atoms. The third-order valence-corrected chi connectivity index (χ3v) is 6.14. The maximum atomic E-state index is 13.3. The first-order valence-electron chi connectivity index (χ1n) is 6.77. The molecule has 0 atom stereocenters. The lowest BCUT2D eigenvalue weighted by atomic mass is 10.3. The first kappa shape index (κ1) is 18.3. The van der Waals surface area contributed by atoms with Crippen molar-refractivity contribution in [3.05, 3.63) is 40.4 Å². The molecule has 0 N–H and O–H groups in total. The molecule has 1 heterocycles. The van der Waals surface area contributed by atoms with Gasteiger partial charge in [-0.2, -0.15) is 0 Å². The second kappa shape index (κ2) is 6.81. The average Bonchev–Trinajstić information content (AvgIpc) is 2.91. The molecule has 0 saturated heterocycles. The molecule has 1 aromatic carbocycles. The molecule has 130 valence electrons. The Morgan fingerprint density at radius 3 is 2.58 bits per heavy atom. The molecule has 0 aliphatic rings. The van der Waals surface area contributed by atoms with E-state index in [0.717, 1.165) is 27.8 Å². The monoisotopic (exact) mass is 376 g/mol. The standard InChI is InChI=1S/C14H14F2N2O4S2/c1-4-22-13(19)12-8(2)17-14(23-12)18(3)24(20,21)9-5-6-10(15)11(16)7-9/h5-7H,4H2,1-3H3. The number of halogens is 2. The Balaban J connectivity index is 2.40. The first-order valence-corrected chi connectivity index (χ1v) is 9.02. The van der Waals surface area contributed by atoms with Crippen LogP contribution in [0.3, 0.4) is 0 Å². The number of rotatable bonds is 5. The lowest BCUT2D eigenvalue weighted by Crippen LogP contribution is -2.26. The van der Waals surface area contributed by atoms with Crippen molar-refractivity contribution in [3.63, 3.8) is 0 Å². The highest BCUT2D eigenvalue weighted by Gasteiger charge is 2.27. The number of carbonyl (C=O) groups excluding carboxylic acids is 1. The zero-order valence-electron chi connectivity index (χ0n) is 13.0. The average molecular weight is 376 g/mol. The Morgan fingerprint density at radius 1 is 1.33 bits per heavy atom. The zero-order valence-corrected chi connectivity index (χ0v) is 14.7. The number of hydrogen-bond acceptors (Lipinski definition) is 6. The van der Waals surface area contributed by atoms with Crippen molar-refractivity contribution in [2.45, 2.75) is 18.7 Å². The van der Waals surface area contributed by atoms with Crippen molar-refractivity contribution in [3.8, 4) is 0 Å². The molecular formula is C14H14F2N2O4S2. The Kier molecular flexibility index (Phi) is 5.19. The number of sulfonamides is 1. The third-order valence-electron chi connectivity index (χ3n) is 3.06. The molecule has 0 fully saturated rings. The molecule has 6 nitrogen and oxygen atoms in total. The minimum Gasteiger partial charge on any atom is -0.462 e. The van der Waals surface area contributed by atoms with Crippen LogP contribution in [0.1, 0.15) is 22.3 Å². The fourth-order valence-corrected chi connectivity index (χ4v) is 4.09. The van der Waals surface area contributed by atoms with Crippen LogP contribution in [0, 0.1) is 18.6 Å². The first-order chi connectivity index (χ1) is 11.2. The largest absolute Gasteiger partial charge is 0.462 e. The summed E-state index contributed by atoms with van der Waals surface area (Å²) >= 11 is 0.838. The number of anilines is 1. The molecule has 1 aromatic heterocycles. The van der Waals surface area contributed by atoms with Gasteiger partial charge in [0.2, 0.25) is 0 Å². The lowest BCUT2D eigenvalue weighted by Gasteiger charge is -2.16. The molecule has 2 aromatic rings. The van der Waals surface area contributed by atoms with Gasteiger partial charge in [-0.25, -0.2) is 31.3 Å². The number of ether oxygens (including phenoxy) is 1. The number of aryl methyl sites for hydroxylation is 1. The van der Waals surface area contributed by atoms with Gasteiger partial charge in [0.1, 0.15) is 4.88 Å². The fourth-order valence-electron chi connectivity index (χ4n) is 1.80. The van der Waals surface area contributed by atoms with E-state index in [4.69, 9.17) is 4.74 Å². The summed E-state index contributed by atoms with van der Waals surface area (Å²) in [5, 5.41) is 0.0142. The van der Waals surface area contributed by atoms with Crippen molar-refractivity contribution in [2.24, 2.45) is 0 Å². The number of esters is 1. The molecular weight excluding hydrogens is 362 g/mol. The quantitative estimate of drug-likeness (QED) is 0.750. The molecule has 10 heteroatoms. The van der Waals surface area contributed by atoms with Gasteiger partial charge in [0.05, 0.1) is 17.2 Å². The molecule has 0 aliphatic heterocycles. The Morgan fingerprint density at radius 2 is 2.00 bits per heavy atom. The number of aromatic nitrogens is 1. The van der Waals surface area contributed by atoms with E-state index in [-0.39, 0.29) is 16.6 Å². The van der Waals surface area contributed by atoms with E-state index in [9.17, 15) is 22.0 Å². The highest BCUT2D eigenvalue weighted by atomic mass is 32.2. The summed E-state index contributed by atoms with van der Waals surface area (Å²) in [6.45, 7) is 3.37. The Bertz CT molecular complexity index is 881. The molecule has 0 saturated carbocycles. The van der Waals surface area contributed by atoms with Crippen molar-refractivity contribution < 1.29 is 26.7 Å². The Hall–Kier alpha value is -2.07. The van der Waals surface area contributed by atoms with Crippen LogP contribution in [0.15, 0.2) is 23.1 Å². The van der Waals surface area contributed by atoms with Crippen LogP contribution >= 0.6 is 11.3 Å². The molecule has 0 spiro atoms. The summed E-state index contributed by atoms with van der Waals surface area (Å²) in [4.78, 5) is 15.6. The van der Waals surface area contributed by atoms with Gasteiger partial charge in [-0.05, 0) is 32.0 Å². The van der Waals surface area contributed by atoms with Crippen LogP contribution in [0.2, 0.25) is 0 Å². The zero-order chi connectivity index (χ0) is 18.1. The van der Waals surface area contributed by atoms with Crippen LogP contribution in [-0.4, -0.2) is 33.0 Å². The molecule has 0 bridgehead atoms. The van der Waals surface area contributed by atoms with Gasteiger partial charge in [0, 0.05) is 7.05 Å². The predicted octanol–water partition coefficient (Wildman–Crippen LogP) is 2.73. The highest BCUT2D eigenvalue weighted by Crippen LogP contribution is 2.30. The van der Waals surface area contributed by atoms with Crippen molar-refractivity contribution >= 4 is 32.5 Å². The van der Waals surface area contributed by atoms with Crippen molar-refractivity contribution in [1.82, 2.24) is 4.98 Å². The number of hydrogen-bond donors (Lipinski definition) is 0. The van der Waals surface area contributed by atoms with Crippen LogP contribution in [0.4, 0.5) is 13.9 Å². The minimum atomic E-state index is -4.15. The molecule has 2 rings (SSSR count). The highest BCUT2D eigenvalue weighted by molar-refractivity contribution is 7.93. The number of thiazole rings is 1. The van der Waals surface area contributed by atoms with E-state index < -0.39 is 32.5 Å². The van der Waals surface area contributed by atoms with Gasteiger partial charge in [0.25, 0.3) is 10.0 Å². The summed E-state index contributed by atoms with van der Waals surface area (Å²) in [6, 6.07) is 2.28. The van der Waals surface area contributed by atoms with Gasteiger partial charge >= 0.3 is 5.97 Å². The molecule has 0 amide bonds. The maximum absolute atomic E-state index is 13.3. The second-order valence-corrected chi connectivity index (χ2v) is 7.63. The van der Waals surface area contributed by atoms with Crippen LogP contribution in [0.5, 0.6) is 0 Å². The van der Waals surface area contributed by atoms with E-state index in [2.05, 4.69) is 4.98 Å². The molecule has 0 radical (unpaired) electrons. The smallest absolute Gasteiger partial charge is 0.350 e. The van der Waals surface area contributed by atoms with Crippen LogP contribution in [0.25, 0.3) is 0 Å². The van der Waals surface area contributed by atoms with Crippen molar-refractivity contribution in [1.29, 1.82) is 0 Å². The number of nitrogens with zero attached hydrogens (tertiary/aromatic N) is 2. The lowest BCUT2D eigenvalue weighted by molar-refractivity contribution is 0.0531. The minimum absolute atomic E-state index is 0.0142. The predicted molar refractivity (Wildman–Crippen MR) is 84.8 cm³/mol. The van der Waals surface area contributed by atoms with Gasteiger partial charge in [-0.1, -0.05) is 11.3 Å². The van der Waals surface area contributed by atoms with Crippen LogP contribution in [-0.2, 0) is 14.8 Å². The van der Waals surface area contributed by atoms with Crippen LogP contribution < -0.4 is 4.31 Å². The van der Waals surface area contributed by atoms with Gasteiger partial charge in [-0.3, -0.25) is 0 Å². The topological polar surface area (TPSA) is 76.6 Å². The number of carbonyl (C=O) groups is 1. The van der Waals surface area contributed by atoms with E-state index in [0.29, 0.717) is 11.8 Å². The van der Waals surface area contributed by atoms with Gasteiger partial charge in [0.15, 0.2) is 16.8 Å². The summed E-state index contributed by atoms with van der Waals surface area (Å²) < 4.78 is 57.0. The third kappa shape index (κ3) is 3.39. The Labute approximate surface area is 141 Å². The van der Waals surface area contributed by atoms with Gasteiger partial charge in [-0.15, -0.1) is 0 Å². The van der Waals surface area contributed by atoms with E-state index in [1.165, 1.54) is 7.05 Å². The van der Waals surface area contributed by atoms with Crippen molar-refractivity contribution in [2.75, 3.05) is 18.0 Å². The SMILES string of the molecule is CCOC(=O)c1sc(N(C)S(=O)(=O)c2ccc(F)c(F)c2)nc1C. The molecule has 0 aliphatic carbocycles. The molecule has 0 unspecified atom stereocenters. The second-order valence-electron chi connectivity index (χ2n) is 4.68. The summed E-state index contributed by atoms with van der Waals surface area (Å²) in [5.74, 6) is -3.02. The summed E-state index contributed by atoms with van der Waals surface area (Å²) in [5.41, 5.74) is 0.320. The van der Waals surface area contributed by atoms with E-state index >= 15 is 0 Å². The number of benzene rings is 1. The summed E-state index contributed by atoms with van der Waals surface area (Å²) in [7, 11) is -2.94. The maximum Gasteiger partial charge on any atom is 0.350 e. The van der Waals surface area contributed by atoms with E-state index in [1.807, 2.05) is 0 Å². The fraction of sp³-hybridized carbons (Fsp3) is 0.286.